The summed E-state index contributed by atoms with van der Waals surface area (Å²) < 4.78 is 1.88. The Hall–Kier alpha value is -2.11. The molecule has 0 unspecified atom stereocenters. The second-order valence-electron chi connectivity index (χ2n) is 4.54. The molecule has 0 atom stereocenters. The summed E-state index contributed by atoms with van der Waals surface area (Å²) in [6.45, 7) is 4.19. The predicted octanol–water partition coefficient (Wildman–Crippen LogP) is 0.719. The van der Waals surface area contributed by atoms with Gasteiger partial charge in [0.05, 0.1) is 5.39 Å². The number of aromatic nitrogens is 3. The fourth-order valence-corrected chi connectivity index (χ4v) is 1.97. The van der Waals surface area contributed by atoms with Gasteiger partial charge in [0, 0.05) is 19.8 Å². The summed E-state index contributed by atoms with van der Waals surface area (Å²) in [5.41, 5.74) is 8.60. The van der Waals surface area contributed by atoms with Crippen LogP contribution in [0, 0.1) is 13.8 Å². The molecule has 0 bridgehead atoms. The van der Waals surface area contributed by atoms with Crippen molar-refractivity contribution in [2.45, 2.75) is 20.4 Å². The summed E-state index contributed by atoms with van der Waals surface area (Å²) in [6.07, 6.45) is 1.42. The number of hydrogen-bond acceptors (Lipinski definition) is 4. The first-order valence-corrected chi connectivity index (χ1v) is 5.69. The third kappa shape index (κ3) is 1.79. The highest BCUT2D eigenvalue weighted by Gasteiger charge is 2.17. The van der Waals surface area contributed by atoms with Gasteiger partial charge in [0.25, 0.3) is 0 Å². The number of rotatable bonds is 2. The van der Waals surface area contributed by atoms with E-state index < -0.39 is 0 Å². The topological polar surface area (TPSA) is 77.0 Å². The largest absolute Gasteiger partial charge is 0.383 e. The lowest BCUT2D eigenvalue weighted by molar-refractivity contribution is -0.129. The van der Waals surface area contributed by atoms with Crippen LogP contribution in [0.5, 0.6) is 0 Å². The molecule has 0 saturated carbocycles. The second-order valence-corrected chi connectivity index (χ2v) is 4.54. The van der Waals surface area contributed by atoms with E-state index >= 15 is 0 Å². The molecular formula is C12H17N5O. The van der Waals surface area contributed by atoms with Gasteiger partial charge in [0.2, 0.25) is 5.91 Å². The van der Waals surface area contributed by atoms with Gasteiger partial charge in [0.15, 0.2) is 0 Å². The van der Waals surface area contributed by atoms with Crippen LogP contribution in [0.2, 0.25) is 0 Å². The molecule has 6 nitrogen and oxygen atoms in total. The molecule has 2 aromatic heterocycles. The van der Waals surface area contributed by atoms with E-state index in [4.69, 9.17) is 5.73 Å². The molecule has 0 saturated heterocycles. The van der Waals surface area contributed by atoms with Gasteiger partial charge in [0.1, 0.15) is 24.3 Å². The van der Waals surface area contributed by atoms with Crippen LogP contribution in [0.3, 0.4) is 0 Å². The summed E-state index contributed by atoms with van der Waals surface area (Å²) in [4.78, 5) is 21.6. The third-order valence-corrected chi connectivity index (χ3v) is 3.23. The molecule has 0 aliphatic carbocycles. The summed E-state index contributed by atoms with van der Waals surface area (Å²) in [7, 11) is 3.47. The number of nitrogen functional groups attached to an aromatic ring is 1. The van der Waals surface area contributed by atoms with Crippen molar-refractivity contribution in [1.82, 2.24) is 19.4 Å². The van der Waals surface area contributed by atoms with Crippen molar-refractivity contribution in [2.75, 3.05) is 19.8 Å². The lowest BCUT2D eigenvalue weighted by Gasteiger charge is -2.12. The van der Waals surface area contributed by atoms with Crippen LogP contribution in [0.15, 0.2) is 6.33 Å². The van der Waals surface area contributed by atoms with Gasteiger partial charge in [-0.1, -0.05) is 0 Å². The van der Waals surface area contributed by atoms with Crippen molar-refractivity contribution in [3.63, 3.8) is 0 Å². The van der Waals surface area contributed by atoms with Gasteiger partial charge >= 0.3 is 0 Å². The Morgan fingerprint density at radius 3 is 2.67 bits per heavy atom. The van der Waals surface area contributed by atoms with Crippen molar-refractivity contribution in [1.29, 1.82) is 0 Å². The number of nitrogens with zero attached hydrogens (tertiary/aromatic N) is 4. The Balaban J connectivity index is 2.61. The molecule has 6 heteroatoms. The fraction of sp³-hybridized carbons (Fsp3) is 0.417. The summed E-state index contributed by atoms with van der Waals surface area (Å²) in [6, 6.07) is 0. The Bertz CT molecular complexity index is 614. The van der Waals surface area contributed by atoms with Crippen LogP contribution >= 0.6 is 0 Å². The zero-order valence-electron chi connectivity index (χ0n) is 11.1. The smallest absolute Gasteiger partial charge is 0.242 e. The monoisotopic (exact) mass is 247 g/mol. The molecule has 0 fully saturated rings. The highest BCUT2D eigenvalue weighted by Crippen LogP contribution is 2.26. The summed E-state index contributed by atoms with van der Waals surface area (Å²) in [5, 5.41) is 0.835. The first kappa shape index (κ1) is 12.3. The molecule has 2 N–H and O–H groups in total. The van der Waals surface area contributed by atoms with Gasteiger partial charge < -0.3 is 15.2 Å². The summed E-state index contributed by atoms with van der Waals surface area (Å²) in [5.74, 6) is 0.476. The van der Waals surface area contributed by atoms with Crippen molar-refractivity contribution in [3.8, 4) is 0 Å². The first-order chi connectivity index (χ1) is 8.43. The van der Waals surface area contributed by atoms with E-state index in [1.807, 2.05) is 18.4 Å². The Morgan fingerprint density at radius 2 is 2.06 bits per heavy atom. The maximum absolute atomic E-state index is 11.8. The number of fused-ring (bicyclic) bond motifs is 1. The average Bonchev–Trinajstić information content (AvgIpc) is 2.55. The van der Waals surface area contributed by atoms with Crippen molar-refractivity contribution in [2.24, 2.45) is 0 Å². The van der Waals surface area contributed by atoms with Crippen molar-refractivity contribution < 1.29 is 4.79 Å². The van der Waals surface area contributed by atoms with Crippen LogP contribution < -0.4 is 5.73 Å². The second kappa shape index (κ2) is 4.29. The van der Waals surface area contributed by atoms with Gasteiger partial charge in [-0.15, -0.1) is 0 Å². The SMILES string of the molecule is Cc1c(C)n(CC(=O)N(C)C)c2ncnc(N)c12. The van der Waals surface area contributed by atoms with Crippen LogP contribution in [-0.4, -0.2) is 39.4 Å². The first-order valence-electron chi connectivity index (χ1n) is 5.69. The number of carbonyl (C=O) groups excluding carboxylic acids is 1. The quantitative estimate of drug-likeness (QED) is 0.848. The van der Waals surface area contributed by atoms with Gasteiger partial charge in [-0.3, -0.25) is 4.79 Å². The molecule has 0 aliphatic rings. The number of likely N-dealkylation sites (N-methyl/N-ethyl adjacent to an activating group) is 1. The van der Waals surface area contributed by atoms with E-state index in [9.17, 15) is 4.79 Å². The van der Waals surface area contributed by atoms with E-state index in [1.165, 1.54) is 6.33 Å². The minimum Gasteiger partial charge on any atom is -0.383 e. The Labute approximate surface area is 105 Å². The maximum atomic E-state index is 11.8. The van der Waals surface area contributed by atoms with Gasteiger partial charge in [-0.2, -0.15) is 0 Å². The minimum absolute atomic E-state index is 0.0205. The molecule has 1 amide bonds. The molecule has 0 spiro atoms. The average molecular weight is 247 g/mol. The van der Waals surface area contributed by atoms with E-state index in [0.717, 1.165) is 16.6 Å². The lowest BCUT2D eigenvalue weighted by Crippen LogP contribution is -2.26. The van der Waals surface area contributed by atoms with E-state index in [-0.39, 0.29) is 12.5 Å². The van der Waals surface area contributed by atoms with E-state index in [0.29, 0.717) is 11.5 Å². The highest BCUT2D eigenvalue weighted by atomic mass is 16.2. The Kier molecular flexibility index (Phi) is 2.94. The normalized spacial score (nSPS) is 10.9. The molecule has 2 rings (SSSR count). The number of amides is 1. The van der Waals surface area contributed by atoms with Gasteiger partial charge in [-0.25, -0.2) is 9.97 Å². The number of carbonyl (C=O) groups is 1. The molecule has 2 heterocycles. The number of anilines is 1. The highest BCUT2D eigenvalue weighted by molar-refractivity contribution is 5.91. The van der Waals surface area contributed by atoms with Crippen molar-refractivity contribution >= 4 is 22.8 Å². The fourth-order valence-electron chi connectivity index (χ4n) is 1.97. The maximum Gasteiger partial charge on any atom is 0.242 e. The van der Waals surface area contributed by atoms with E-state index in [2.05, 4.69) is 9.97 Å². The standard InChI is InChI=1S/C12H17N5O/c1-7-8(2)17(5-9(18)16(3)4)12-10(7)11(13)14-6-15-12/h6H,5H2,1-4H3,(H2,13,14,15). The predicted molar refractivity (Wildman–Crippen MR) is 70.1 cm³/mol. The summed E-state index contributed by atoms with van der Waals surface area (Å²) >= 11 is 0. The minimum atomic E-state index is 0.0205. The van der Waals surface area contributed by atoms with Crippen LogP contribution in [-0.2, 0) is 11.3 Å². The van der Waals surface area contributed by atoms with Gasteiger partial charge in [-0.05, 0) is 19.4 Å². The zero-order valence-corrected chi connectivity index (χ0v) is 11.1. The number of nitrogens with two attached hydrogens (primary N) is 1. The molecule has 2 aromatic rings. The molecule has 0 aromatic carbocycles. The lowest BCUT2D eigenvalue weighted by atomic mass is 10.2. The Morgan fingerprint density at radius 1 is 1.39 bits per heavy atom. The molecule has 0 aliphatic heterocycles. The van der Waals surface area contributed by atoms with Crippen LogP contribution in [0.4, 0.5) is 5.82 Å². The number of aryl methyl sites for hydroxylation is 1. The molecule has 0 radical (unpaired) electrons. The molecule has 96 valence electrons. The third-order valence-electron chi connectivity index (χ3n) is 3.23. The van der Waals surface area contributed by atoms with Crippen LogP contribution in [0.25, 0.3) is 11.0 Å². The van der Waals surface area contributed by atoms with Crippen LogP contribution in [0.1, 0.15) is 11.3 Å². The zero-order chi connectivity index (χ0) is 13.4. The number of hydrogen-bond donors (Lipinski definition) is 1. The molecular weight excluding hydrogens is 230 g/mol. The van der Waals surface area contributed by atoms with E-state index in [1.54, 1.807) is 19.0 Å². The van der Waals surface area contributed by atoms with Crippen molar-refractivity contribution in [3.05, 3.63) is 17.6 Å². The molecule has 18 heavy (non-hydrogen) atoms.